The maximum atomic E-state index is 5.06. The van der Waals surface area contributed by atoms with Gasteiger partial charge in [0.2, 0.25) is 0 Å². The molecule has 0 aromatic carbocycles. The molecule has 1 fully saturated rings. The van der Waals surface area contributed by atoms with Gasteiger partial charge < -0.3 is 4.74 Å². The minimum Gasteiger partial charge on any atom is -0.381 e. The van der Waals surface area contributed by atoms with E-state index in [0.29, 0.717) is 5.92 Å². The van der Waals surface area contributed by atoms with Gasteiger partial charge in [-0.2, -0.15) is 0 Å². The first kappa shape index (κ1) is 16.9. The first-order valence-electron chi connectivity index (χ1n) is 6.21. The zero-order valence-electron chi connectivity index (χ0n) is 11.2. The van der Waals surface area contributed by atoms with E-state index in [-0.39, 0.29) is 0 Å². The molecule has 1 nitrogen and oxygen atoms in total. The molecular formula is C14H28O. The van der Waals surface area contributed by atoms with Crippen LogP contribution in [0.2, 0.25) is 0 Å². The monoisotopic (exact) mass is 212 g/mol. The highest BCUT2D eigenvalue weighted by Crippen LogP contribution is 2.09. The van der Waals surface area contributed by atoms with Crippen molar-refractivity contribution in [2.45, 2.75) is 53.9 Å². The molecule has 1 aliphatic heterocycles. The molecule has 0 radical (unpaired) electrons. The van der Waals surface area contributed by atoms with Crippen molar-refractivity contribution < 1.29 is 4.74 Å². The summed E-state index contributed by atoms with van der Waals surface area (Å²) in [5.41, 5.74) is 0. The Morgan fingerprint density at radius 3 is 2.20 bits per heavy atom. The number of hydrogen-bond donors (Lipinski definition) is 0. The van der Waals surface area contributed by atoms with Crippen molar-refractivity contribution in [3.63, 3.8) is 0 Å². The average molecular weight is 212 g/mol. The van der Waals surface area contributed by atoms with Gasteiger partial charge in [0.25, 0.3) is 0 Å². The topological polar surface area (TPSA) is 9.23 Å². The number of ether oxygens (including phenoxy) is 1. The molecule has 1 aliphatic rings. The third kappa shape index (κ3) is 13.5. The predicted molar refractivity (Wildman–Crippen MR) is 68.9 cm³/mol. The molecule has 0 aromatic rings. The predicted octanol–water partition coefficient (Wildman–Crippen LogP) is 4.12. The van der Waals surface area contributed by atoms with Gasteiger partial charge in [-0.3, -0.25) is 0 Å². The van der Waals surface area contributed by atoms with Crippen molar-refractivity contribution in [3.8, 4) is 12.3 Å². The van der Waals surface area contributed by atoms with Crippen LogP contribution in [0.4, 0.5) is 0 Å². The zero-order chi connectivity index (χ0) is 12.1. The van der Waals surface area contributed by atoms with Crippen LogP contribution in [-0.2, 0) is 4.74 Å². The van der Waals surface area contributed by atoms with Crippen molar-refractivity contribution in [2.75, 3.05) is 13.2 Å². The quantitative estimate of drug-likeness (QED) is 0.625. The summed E-state index contributed by atoms with van der Waals surface area (Å²) >= 11 is 0. The molecule has 0 aromatic heterocycles. The van der Waals surface area contributed by atoms with Crippen LogP contribution in [0.5, 0.6) is 0 Å². The van der Waals surface area contributed by atoms with Crippen LogP contribution in [0, 0.1) is 24.2 Å². The Hall–Kier alpha value is -0.480. The van der Waals surface area contributed by atoms with Gasteiger partial charge >= 0.3 is 0 Å². The molecule has 0 N–H and O–H groups in total. The molecule has 0 saturated carbocycles. The number of terminal acetylenes is 1. The summed E-state index contributed by atoms with van der Waals surface area (Å²) in [7, 11) is 0. The number of rotatable bonds is 2. The zero-order valence-corrected chi connectivity index (χ0v) is 11.2. The van der Waals surface area contributed by atoms with Crippen molar-refractivity contribution in [3.05, 3.63) is 0 Å². The van der Waals surface area contributed by atoms with Gasteiger partial charge in [-0.15, -0.1) is 12.3 Å². The number of hydrogen-bond acceptors (Lipinski definition) is 1. The molecule has 1 saturated heterocycles. The van der Waals surface area contributed by atoms with E-state index in [1.807, 2.05) is 13.8 Å². The highest BCUT2D eigenvalue weighted by molar-refractivity contribution is 4.84. The molecule has 0 bridgehead atoms. The maximum absolute atomic E-state index is 5.06. The summed E-state index contributed by atoms with van der Waals surface area (Å²) in [5, 5.41) is 0. The second-order valence-electron chi connectivity index (χ2n) is 3.89. The lowest BCUT2D eigenvalue weighted by Crippen LogP contribution is -1.88. The minimum atomic E-state index is 0.713. The van der Waals surface area contributed by atoms with Crippen molar-refractivity contribution in [2.24, 2.45) is 11.8 Å². The molecular weight excluding hydrogens is 184 g/mol. The molecule has 2 atom stereocenters. The van der Waals surface area contributed by atoms with Gasteiger partial charge in [-0.25, -0.2) is 0 Å². The average Bonchev–Trinajstić information content (AvgIpc) is 2.73. The van der Waals surface area contributed by atoms with Crippen LogP contribution in [0.15, 0.2) is 0 Å². The fourth-order valence-electron chi connectivity index (χ4n) is 0.998. The van der Waals surface area contributed by atoms with E-state index < -0.39 is 0 Å². The first-order chi connectivity index (χ1) is 7.20. The fourth-order valence-corrected chi connectivity index (χ4v) is 0.998. The second-order valence-corrected chi connectivity index (χ2v) is 3.89. The third-order valence-electron chi connectivity index (χ3n) is 2.32. The van der Waals surface area contributed by atoms with E-state index in [0.717, 1.165) is 25.6 Å². The van der Waals surface area contributed by atoms with E-state index in [2.05, 4.69) is 26.7 Å². The Morgan fingerprint density at radius 1 is 1.47 bits per heavy atom. The van der Waals surface area contributed by atoms with Crippen LogP contribution in [-0.4, -0.2) is 13.2 Å². The molecule has 0 spiro atoms. The lowest BCUT2D eigenvalue weighted by molar-refractivity contribution is 0.188. The lowest BCUT2D eigenvalue weighted by atomic mass is 10.1. The Bertz CT molecular complexity index is 140. The fraction of sp³-hybridized carbons (Fsp3) is 0.857. The van der Waals surface area contributed by atoms with Gasteiger partial charge in [0.15, 0.2) is 0 Å². The van der Waals surface area contributed by atoms with Crippen LogP contribution in [0.1, 0.15) is 53.9 Å². The minimum absolute atomic E-state index is 0.713. The third-order valence-corrected chi connectivity index (χ3v) is 2.32. The molecule has 15 heavy (non-hydrogen) atoms. The van der Waals surface area contributed by atoms with Crippen LogP contribution >= 0.6 is 0 Å². The summed E-state index contributed by atoms with van der Waals surface area (Å²) < 4.78 is 5.06. The molecule has 1 heterocycles. The molecule has 2 unspecified atom stereocenters. The summed E-state index contributed by atoms with van der Waals surface area (Å²) in [4.78, 5) is 0. The Labute approximate surface area is 96.6 Å². The molecule has 0 aliphatic carbocycles. The SMILES string of the molecule is C#CCC(C)CC.CC.CC1CCOC1. The van der Waals surface area contributed by atoms with E-state index in [1.165, 1.54) is 12.8 Å². The second kappa shape index (κ2) is 13.5. The van der Waals surface area contributed by atoms with E-state index in [9.17, 15) is 0 Å². The summed E-state index contributed by atoms with van der Waals surface area (Å²) in [5.74, 6) is 4.16. The van der Waals surface area contributed by atoms with Gasteiger partial charge in [0.05, 0.1) is 0 Å². The van der Waals surface area contributed by atoms with Gasteiger partial charge in [-0.1, -0.05) is 41.0 Å². The molecule has 1 rings (SSSR count). The Balaban J connectivity index is 0. The van der Waals surface area contributed by atoms with Crippen LogP contribution < -0.4 is 0 Å². The lowest BCUT2D eigenvalue weighted by Gasteiger charge is -1.98. The largest absolute Gasteiger partial charge is 0.381 e. The van der Waals surface area contributed by atoms with Gasteiger partial charge in [0, 0.05) is 19.6 Å². The Kier molecular flexibility index (Phi) is 15.3. The summed E-state index contributed by atoms with van der Waals surface area (Å²) in [6, 6.07) is 0. The van der Waals surface area contributed by atoms with E-state index in [1.54, 1.807) is 0 Å². The standard InChI is InChI=1S/C7H12.C5H10O.C2H6/c1-4-6-7(3)5-2;1-5-2-3-6-4-5;1-2/h1,7H,5-6H2,2-3H3;5H,2-4H2,1H3;1-2H3. The Morgan fingerprint density at radius 2 is 2.07 bits per heavy atom. The van der Waals surface area contributed by atoms with Gasteiger partial charge in [0.1, 0.15) is 0 Å². The van der Waals surface area contributed by atoms with E-state index >= 15 is 0 Å². The first-order valence-corrected chi connectivity index (χ1v) is 6.21. The summed E-state index contributed by atoms with van der Waals surface area (Å²) in [6.45, 7) is 12.5. The maximum Gasteiger partial charge on any atom is 0.0492 e. The highest BCUT2D eigenvalue weighted by Gasteiger charge is 2.07. The van der Waals surface area contributed by atoms with Gasteiger partial charge in [-0.05, 0) is 18.3 Å². The normalized spacial score (nSPS) is 20.1. The molecule has 0 amide bonds. The molecule has 90 valence electrons. The van der Waals surface area contributed by atoms with Crippen LogP contribution in [0.25, 0.3) is 0 Å². The summed E-state index contributed by atoms with van der Waals surface area (Å²) in [6.07, 6.45) is 8.44. The smallest absolute Gasteiger partial charge is 0.0492 e. The van der Waals surface area contributed by atoms with E-state index in [4.69, 9.17) is 11.2 Å². The van der Waals surface area contributed by atoms with Crippen molar-refractivity contribution >= 4 is 0 Å². The highest BCUT2D eigenvalue weighted by atomic mass is 16.5. The van der Waals surface area contributed by atoms with Crippen molar-refractivity contribution in [1.82, 2.24) is 0 Å². The van der Waals surface area contributed by atoms with Crippen LogP contribution in [0.3, 0.4) is 0 Å². The van der Waals surface area contributed by atoms with Crippen molar-refractivity contribution in [1.29, 1.82) is 0 Å². The molecule has 1 heteroatoms.